The molecule has 2 amide bonds. The maximum absolute atomic E-state index is 10.8. The molecule has 5 heteroatoms. The van der Waals surface area contributed by atoms with Crippen molar-refractivity contribution in [2.24, 2.45) is 17.3 Å². The number of hydrogen-bond acceptors (Lipinski definition) is 2. The first kappa shape index (κ1) is 27.5. The molecule has 3 atom stereocenters. The van der Waals surface area contributed by atoms with Crippen molar-refractivity contribution in [2.45, 2.75) is 65.8 Å². The van der Waals surface area contributed by atoms with Crippen molar-refractivity contribution in [3.63, 3.8) is 0 Å². The number of hydrogen-bond donors (Lipinski definition) is 2. The fraction of sp³-hybridized carbons (Fsp3) is 0.722. The second-order valence-electron chi connectivity index (χ2n) is 6.28. The van der Waals surface area contributed by atoms with Gasteiger partial charge in [-0.2, -0.15) is 6.42 Å². The normalized spacial score (nSPS) is 26.3. The molecule has 0 aromatic carbocycles. The van der Waals surface area contributed by atoms with Crippen LogP contribution in [0.4, 0.5) is 0 Å². The van der Waals surface area contributed by atoms with Crippen molar-refractivity contribution in [1.82, 2.24) is 10.6 Å². The van der Waals surface area contributed by atoms with E-state index >= 15 is 0 Å². The minimum atomic E-state index is 0. The van der Waals surface area contributed by atoms with Crippen molar-refractivity contribution in [3.8, 4) is 0 Å². The van der Waals surface area contributed by atoms with Crippen LogP contribution in [0.3, 0.4) is 0 Å². The van der Waals surface area contributed by atoms with Crippen LogP contribution in [0, 0.1) is 38.1 Å². The zero-order valence-corrected chi connectivity index (χ0v) is 17.3. The fourth-order valence-corrected chi connectivity index (χ4v) is 3.83. The van der Waals surface area contributed by atoms with Crippen LogP contribution in [0.15, 0.2) is 0 Å². The van der Waals surface area contributed by atoms with Crippen LogP contribution in [-0.4, -0.2) is 18.9 Å². The predicted octanol–water partition coefficient (Wildman–Crippen LogP) is 3.54. The van der Waals surface area contributed by atoms with E-state index in [1.807, 2.05) is 0 Å². The Kier molecular flexibility index (Phi) is 15.5. The first-order valence-corrected chi connectivity index (χ1v) is 7.78. The van der Waals surface area contributed by atoms with E-state index in [2.05, 4.69) is 38.3 Å². The summed E-state index contributed by atoms with van der Waals surface area (Å²) in [6, 6.07) is 1.19. The van der Waals surface area contributed by atoms with E-state index in [-0.39, 0.29) is 48.0 Å². The summed E-state index contributed by atoms with van der Waals surface area (Å²) in [5.41, 5.74) is 0.160. The van der Waals surface area contributed by atoms with E-state index in [0.29, 0.717) is 11.8 Å². The average molecular weight is 359 g/mol. The molecule has 3 unspecified atom stereocenters. The molecule has 0 bridgehead atoms. The van der Waals surface area contributed by atoms with Crippen LogP contribution in [0.1, 0.15) is 59.8 Å². The molecule has 4 nitrogen and oxygen atoms in total. The SMILES string of the molecule is CCC(C)C1(C(C)CC)C[C-](NC=O)CC(NC=O)C1.[CH3-].[CH3-].[Ti+3]. The van der Waals surface area contributed by atoms with Crippen molar-refractivity contribution in [3.05, 3.63) is 20.9 Å². The third-order valence-electron chi connectivity index (χ3n) is 5.42. The van der Waals surface area contributed by atoms with Gasteiger partial charge in [0, 0.05) is 6.04 Å². The van der Waals surface area contributed by atoms with Gasteiger partial charge in [0.2, 0.25) is 6.41 Å². The standard InChI is InChI=1S/C16H29N2O2.2CH3.Ti/c1-5-12(3)16(13(4)6-2)8-14(17-10-19)7-15(9-16)18-11-20;;;/h10-14H,5-9H2,1-4H3,(H,17,19)(H,18,20);2*1H3;/q3*-1;+3. The first-order chi connectivity index (χ1) is 9.53. The number of carbonyl (C=O) groups is 2. The summed E-state index contributed by atoms with van der Waals surface area (Å²) in [6.07, 6.45) is 6.47. The largest absolute Gasteiger partial charge is 3.00 e. The van der Waals surface area contributed by atoms with E-state index in [1.54, 1.807) is 0 Å². The monoisotopic (exact) mass is 359 g/mol. The van der Waals surface area contributed by atoms with Gasteiger partial charge in [-0.25, -0.2) is 6.04 Å². The molecule has 2 N–H and O–H groups in total. The van der Waals surface area contributed by atoms with Crippen molar-refractivity contribution in [1.29, 1.82) is 0 Å². The molecule has 0 aromatic rings. The Morgan fingerprint density at radius 2 is 1.65 bits per heavy atom. The number of nitrogens with one attached hydrogen (secondary N) is 2. The Bertz CT molecular complexity index is 296. The molecule has 0 spiro atoms. The van der Waals surface area contributed by atoms with Crippen LogP contribution in [0.25, 0.3) is 0 Å². The number of carbonyl (C=O) groups excluding carboxylic acids is 2. The summed E-state index contributed by atoms with van der Waals surface area (Å²) < 4.78 is 0. The maximum Gasteiger partial charge on any atom is 3.00 e. The molecule has 1 aliphatic carbocycles. The molecule has 1 aliphatic rings. The molecule has 1 saturated carbocycles. The Labute approximate surface area is 158 Å². The van der Waals surface area contributed by atoms with Gasteiger partial charge in [-0.05, 0) is 23.7 Å². The summed E-state index contributed by atoms with van der Waals surface area (Å²) in [5.74, 6) is 1.13. The molecule has 1 radical (unpaired) electrons. The van der Waals surface area contributed by atoms with E-state index in [4.69, 9.17) is 0 Å². The van der Waals surface area contributed by atoms with Gasteiger partial charge < -0.3 is 25.5 Å². The van der Waals surface area contributed by atoms with Crippen LogP contribution >= 0.6 is 0 Å². The van der Waals surface area contributed by atoms with Crippen molar-refractivity contribution in [2.75, 3.05) is 0 Å². The van der Waals surface area contributed by atoms with Gasteiger partial charge >= 0.3 is 21.7 Å². The van der Waals surface area contributed by atoms with E-state index in [0.717, 1.165) is 51.0 Å². The summed E-state index contributed by atoms with van der Waals surface area (Å²) in [7, 11) is 0. The van der Waals surface area contributed by atoms with Gasteiger partial charge in [0.1, 0.15) is 0 Å². The summed E-state index contributed by atoms with van der Waals surface area (Å²) in [5, 5.41) is 5.79. The van der Waals surface area contributed by atoms with Crippen molar-refractivity contribution >= 4 is 12.8 Å². The fourth-order valence-electron chi connectivity index (χ4n) is 3.83. The number of rotatable bonds is 8. The second-order valence-corrected chi connectivity index (χ2v) is 6.28. The molecule has 0 aromatic heterocycles. The van der Waals surface area contributed by atoms with Gasteiger partial charge in [0.05, 0.1) is 0 Å². The molecule has 0 saturated heterocycles. The first-order valence-electron chi connectivity index (χ1n) is 7.78. The zero-order chi connectivity index (χ0) is 15.2. The van der Waals surface area contributed by atoms with Gasteiger partial charge in [-0.1, -0.05) is 40.5 Å². The van der Waals surface area contributed by atoms with E-state index in [9.17, 15) is 9.59 Å². The van der Waals surface area contributed by atoms with Crippen LogP contribution < -0.4 is 10.6 Å². The predicted molar refractivity (Wildman–Crippen MR) is 93.5 cm³/mol. The van der Waals surface area contributed by atoms with Crippen LogP contribution in [0.5, 0.6) is 0 Å². The molecular formula is C18H35N2O2Ti. The smallest absolute Gasteiger partial charge is 0.505 e. The molecule has 0 aliphatic heterocycles. The van der Waals surface area contributed by atoms with E-state index in [1.165, 1.54) is 0 Å². The molecule has 1 rings (SSSR count). The van der Waals surface area contributed by atoms with E-state index < -0.39 is 0 Å². The summed E-state index contributed by atoms with van der Waals surface area (Å²) in [6.45, 7) is 9.04. The minimum absolute atomic E-state index is 0. The third-order valence-corrected chi connectivity index (χ3v) is 5.42. The zero-order valence-electron chi connectivity index (χ0n) is 15.7. The Morgan fingerprint density at radius 3 is 2.04 bits per heavy atom. The molecule has 0 heterocycles. The third kappa shape index (κ3) is 6.58. The molecule has 1 fully saturated rings. The molecular weight excluding hydrogens is 324 g/mol. The summed E-state index contributed by atoms with van der Waals surface area (Å²) >= 11 is 0. The molecule has 23 heavy (non-hydrogen) atoms. The quantitative estimate of drug-likeness (QED) is 0.396. The second kappa shape index (κ2) is 13.0. The van der Waals surface area contributed by atoms with Gasteiger partial charge in [0.25, 0.3) is 0 Å². The number of amides is 2. The van der Waals surface area contributed by atoms with Gasteiger partial charge in [-0.15, -0.1) is 6.42 Å². The average Bonchev–Trinajstić information content (AvgIpc) is 2.45. The van der Waals surface area contributed by atoms with Gasteiger partial charge in [0.15, 0.2) is 6.41 Å². The topological polar surface area (TPSA) is 58.2 Å². The van der Waals surface area contributed by atoms with Gasteiger partial charge in [-0.3, -0.25) is 9.59 Å². The van der Waals surface area contributed by atoms with Crippen LogP contribution in [-0.2, 0) is 31.3 Å². The Morgan fingerprint density at radius 1 is 1.13 bits per heavy atom. The Balaban J connectivity index is -0.00000133. The molecule has 133 valence electrons. The Hall–Kier alpha value is -0.346. The van der Waals surface area contributed by atoms with Crippen LogP contribution in [0.2, 0.25) is 0 Å². The minimum Gasteiger partial charge on any atom is -0.505 e. The maximum atomic E-state index is 10.8. The van der Waals surface area contributed by atoms with Crippen molar-refractivity contribution < 1.29 is 31.3 Å². The summed E-state index contributed by atoms with van der Waals surface area (Å²) in [4.78, 5) is 21.6.